The van der Waals surface area contributed by atoms with Crippen molar-refractivity contribution < 1.29 is 9.32 Å². The molecule has 6 nitrogen and oxygen atoms in total. The number of amides is 1. The van der Waals surface area contributed by atoms with E-state index in [-0.39, 0.29) is 11.4 Å². The summed E-state index contributed by atoms with van der Waals surface area (Å²) in [5.41, 5.74) is 10.0. The largest absolute Gasteiger partial charge is 0.367 e. The van der Waals surface area contributed by atoms with Gasteiger partial charge in [-0.1, -0.05) is 28.9 Å². The van der Waals surface area contributed by atoms with E-state index in [4.69, 9.17) is 21.9 Å². The minimum Gasteiger partial charge on any atom is -0.367 e. The van der Waals surface area contributed by atoms with Crippen LogP contribution in [0.5, 0.6) is 0 Å². The SMILES string of the molecule is C/C(=N\NC(=O)c1c(C)noc1N)c1ccc(Cl)cc1. The summed E-state index contributed by atoms with van der Waals surface area (Å²) < 4.78 is 4.72. The Bertz CT molecular complexity index is 642. The van der Waals surface area contributed by atoms with E-state index in [0.717, 1.165) is 5.56 Å². The van der Waals surface area contributed by atoms with Gasteiger partial charge in [0, 0.05) is 5.02 Å². The highest BCUT2D eigenvalue weighted by atomic mass is 35.5. The highest BCUT2D eigenvalue weighted by molar-refractivity contribution is 6.30. The number of nitrogens with zero attached hydrogens (tertiary/aromatic N) is 2. The molecule has 0 saturated heterocycles. The van der Waals surface area contributed by atoms with Crippen molar-refractivity contribution >= 4 is 29.1 Å². The molecule has 20 heavy (non-hydrogen) atoms. The van der Waals surface area contributed by atoms with E-state index < -0.39 is 5.91 Å². The number of anilines is 1. The summed E-state index contributed by atoms with van der Waals surface area (Å²) in [6.45, 7) is 3.40. The summed E-state index contributed by atoms with van der Waals surface area (Å²) in [5.74, 6) is -0.492. The molecular weight excluding hydrogens is 280 g/mol. The zero-order valence-electron chi connectivity index (χ0n) is 11.0. The van der Waals surface area contributed by atoms with Gasteiger partial charge < -0.3 is 10.3 Å². The van der Waals surface area contributed by atoms with Gasteiger partial charge in [-0.25, -0.2) is 5.43 Å². The molecule has 0 spiro atoms. The van der Waals surface area contributed by atoms with Crippen LogP contribution in [0, 0.1) is 6.92 Å². The first-order chi connectivity index (χ1) is 9.49. The summed E-state index contributed by atoms with van der Waals surface area (Å²) in [6.07, 6.45) is 0. The lowest BCUT2D eigenvalue weighted by Crippen LogP contribution is -2.20. The third-order valence-electron chi connectivity index (χ3n) is 2.70. The molecule has 0 bridgehead atoms. The Hall–Kier alpha value is -2.34. The van der Waals surface area contributed by atoms with Gasteiger partial charge in [0.2, 0.25) is 5.88 Å². The zero-order valence-corrected chi connectivity index (χ0v) is 11.7. The van der Waals surface area contributed by atoms with Gasteiger partial charge in [0.15, 0.2) is 0 Å². The monoisotopic (exact) mass is 292 g/mol. The number of benzene rings is 1. The topological polar surface area (TPSA) is 93.5 Å². The van der Waals surface area contributed by atoms with Crippen LogP contribution in [0.3, 0.4) is 0 Å². The van der Waals surface area contributed by atoms with Crippen LogP contribution in [0.25, 0.3) is 0 Å². The molecule has 2 rings (SSSR count). The average Bonchev–Trinajstić information content (AvgIpc) is 2.76. The Morgan fingerprint density at radius 3 is 2.60 bits per heavy atom. The first-order valence-corrected chi connectivity index (χ1v) is 6.19. The molecule has 3 N–H and O–H groups in total. The third-order valence-corrected chi connectivity index (χ3v) is 2.96. The summed E-state index contributed by atoms with van der Waals surface area (Å²) >= 11 is 5.81. The fraction of sp³-hybridized carbons (Fsp3) is 0.154. The zero-order chi connectivity index (χ0) is 14.7. The summed E-state index contributed by atoms with van der Waals surface area (Å²) in [4.78, 5) is 11.9. The second-order valence-corrected chi connectivity index (χ2v) is 4.59. The third kappa shape index (κ3) is 2.97. The van der Waals surface area contributed by atoms with Crippen molar-refractivity contribution in [1.29, 1.82) is 0 Å². The van der Waals surface area contributed by atoms with Gasteiger partial charge in [-0.2, -0.15) is 5.10 Å². The molecule has 0 saturated carbocycles. The lowest BCUT2D eigenvalue weighted by atomic mass is 10.1. The highest BCUT2D eigenvalue weighted by Crippen LogP contribution is 2.15. The summed E-state index contributed by atoms with van der Waals surface area (Å²) in [7, 11) is 0. The molecule has 0 aliphatic carbocycles. The van der Waals surface area contributed by atoms with Crippen molar-refractivity contribution in [2.24, 2.45) is 5.10 Å². The number of carbonyl (C=O) groups excluding carboxylic acids is 1. The molecule has 2 aromatic rings. The first kappa shape index (κ1) is 14.1. The van der Waals surface area contributed by atoms with Crippen LogP contribution >= 0.6 is 11.6 Å². The maximum atomic E-state index is 11.9. The molecule has 0 aliphatic rings. The number of nitrogen functional groups attached to an aromatic ring is 1. The van der Waals surface area contributed by atoms with Crippen molar-refractivity contribution in [2.75, 3.05) is 5.73 Å². The smallest absolute Gasteiger partial charge is 0.278 e. The van der Waals surface area contributed by atoms with Crippen LogP contribution < -0.4 is 11.2 Å². The number of hydrogen-bond acceptors (Lipinski definition) is 5. The normalized spacial score (nSPS) is 11.4. The standard InChI is InChI=1S/C13H13ClN4O2/c1-7(9-3-5-10(14)6-4-9)16-17-13(19)11-8(2)18-20-12(11)15/h3-6H,15H2,1-2H3,(H,17,19)/b16-7+. The van der Waals surface area contributed by atoms with Gasteiger partial charge >= 0.3 is 0 Å². The summed E-state index contributed by atoms with van der Waals surface area (Å²) in [6, 6.07) is 7.12. The number of hydrogen-bond donors (Lipinski definition) is 2. The molecule has 7 heteroatoms. The number of carbonyl (C=O) groups is 1. The van der Waals surface area contributed by atoms with E-state index in [0.29, 0.717) is 16.4 Å². The molecular formula is C13H13ClN4O2. The van der Waals surface area contributed by atoms with Gasteiger partial charge in [0.25, 0.3) is 5.91 Å². The predicted molar refractivity (Wildman–Crippen MR) is 76.8 cm³/mol. The Morgan fingerprint density at radius 1 is 1.40 bits per heavy atom. The quantitative estimate of drug-likeness (QED) is 0.671. The van der Waals surface area contributed by atoms with Crippen molar-refractivity contribution in [3.8, 4) is 0 Å². The van der Waals surface area contributed by atoms with Crippen LogP contribution in [0.4, 0.5) is 5.88 Å². The molecule has 0 radical (unpaired) electrons. The first-order valence-electron chi connectivity index (χ1n) is 5.81. The van der Waals surface area contributed by atoms with Crippen molar-refractivity contribution in [1.82, 2.24) is 10.6 Å². The van der Waals surface area contributed by atoms with E-state index in [1.54, 1.807) is 26.0 Å². The molecule has 104 valence electrons. The highest BCUT2D eigenvalue weighted by Gasteiger charge is 2.17. The van der Waals surface area contributed by atoms with Gasteiger partial charge in [-0.3, -0.25) is 4.79 Å². The van der Waals surface area contributed by atoms with E-state index in [1.165, 1.54) is 0 Å². The van der Waals surface area contributed by atoms with Gasteiger partial charge in [-0.15, -0.1) is 0 Å². The fourth-order valence-corrected chi connectivity index (χ4v) is 1.74. The predicted octanol–water partition coefficient (Wildman–Crippen LogP) is 2.37. The molecule has 0 atom stereocenters. The lowest BCUT2D eigenvalue weighted by molar-refractivity contribution is 0.0955. The molecule has 1 heterocycles. The number of aromatic nitrogens is 1. The second-order valence-electron chi connectivity index (χ2n) is 4.15. The maximum absolute atomic E-state index is 11.9. The summed E-state index contributed by atoms with van der Waals surface area (Å²) in [5, 5.41) is 8.26. The molecule has 0 aliphatic heterocycles. The van der Waals surface area contributed by atoms with Gasteiger partial charge in [0.05, 0.1) is 11.4 Å². The van der Waals surface area contributed by atoms with Crippen LogP contribution in [-0.4, -0.2) is 16.8 Å². The number of nitrogens with two attached hydrogens (primary N) is 1. The van der Waals surface area contributed by atoms with E-state index in [9.17, 15) is 4.79 Å². The maximum Gasteiger partial charge on any atom is 0.278 e. The van der Waals surface area contributed by atoms with E-state index in [1.807, 2.05) is 12.1 Å². The van der Waals surface area contributed by atoms with E-state index >= 15 is 0 Å². The average molecular weight is 293 g/mol. The van der Waals surface area contributed by atoms with Crippen LogP contribution in [0.2, 0.25) is 5.02 Å². The second kappa shape index (κ2) is 5.75. The van der Waals surface area contributed by atoms with Crippen LogP contribution in [-0.2, 0) is 0 Å². The van der Waals surface area contributed by atoms with E-state index in [2.05, 4.69) is 15.7 Å². The van der Waals surface area contributed by atoms with Gasteiger partial charge in [0.1, 0.15) is 5.56 Å². The molecule has 0 unspecified atom stereocenters. The van der Waals surface area contributed by atoms with Crippen LogP contribution in [0.1, 0.15) is 28.5 Å². The Labute approximate surface area is 120 Å². The van der Waals surface area contributed by atoms with Crippen molar-refractivity contribution in [3.63, 3.8) is 0 Å². The number of halogens is 1. The molecule has 1 aromatic carbocycles. The minimum atomic E-state index is -0.463. The molecule has 0 fully saturated rings. The number of hydrazone groups is 1. The Kier molecular flexibility index (Phi) is 4.05. The van der Waals surface area contributed by atoms with Crippen molar-refractivity contribution in [3.05, 3.63) is 46.1 Å². The van der Waals surface area contributed by atoms with Crippen LogP contribution in [0.15, 0.2) is 33.9 Å². The molecule has 1 aromatic heterocycles. The number of rotatable bonds is 3. The Balaban J connectivity index is 2.13. The van der Waals surface area contributed by atoms with Gasteiger partial charge in [-0.05, 0) is 31.5 Å². The molecule has 1 amide bonds. The number of aryl methyl sites for hydroxylation is 1. The van der Waals surface area contributed by atoms with Crippen molar-refractivity contribution in [2.45, 2.75) is 13.8 Å². The minimum absolute atomic E-state index is 0.0284. The fourth-order valence-electron chi connectivity index (χ4n) is 1.61. The Morgan fingerprint density at radius 2 is 2.05 bits per heavy atom. The lowest BCUT2D eigenvalue weighted by Gasteiger charge is -2.02. The number of nitrogens with one attached hydrogen (secondary N) is 1.